The fourth-order valence-electron chi connectivity index (χ4n) is 1.67. The monoisotopic (exact) mass is 314 g/mol. The Morgan fingerprint density at radius 1 is 1.30 bits per heavy atom. The lowest BCUT2D eigenvalue weighted by atomic mass is 9.95. The number of aliphatic carboxylic acids is 1. The lowest BCUT2D eigenvalue weighted by molar-refractivity contribution is -0.143. The van der Waals surface area contributed by atoms with Crippen molar-refractivity contribution in [1.82, 2.24) is 5.32 Å². The number of nitrogens with one attached hydrogen (secondary N) is 1. The quantitative estimate of drug-likeness (QED) is 0.655. The second-order valence-electron chi connectivity index (χ2n) is 5.34. The average Bonchev–Trinajstić information content (AvgIpc) is 2.69. The summed E-state index contributed by atoms with van der Waals surface area (Å²) in [5, 5.41) is 12.0. The van der Waals surface area contributed by atoms with Gasteiger partial charge in [-0.05, 0) is 36.3 Å². The van der Waals surface area contributed by atoms with E-state index >= 15 is 0 Å². The Morgan fingerprint density at radius 2 is 2.04 bits per heavy atom. The van der Waals surface area contributed by atoms with Crippen molar-refractivity contribution in [2.24, 2.45) is 5.41 Å². The molecule has 0 radical (unpaired) electrons. The van der Waals surface area contributed by atoms with E-state index < -0.39 is 41.6 Å². The Balaban J connectivity index is 2.32. The number of hydrogen-bond donors (Lipinski definition) is 2. The van der Waals surface area contributed by atoms with Gasteiger partial charge in [-0.15, -0.1) is 0 Å². The molecule has 0 amide bonds. The first-order valence-corrected chi connectivity index (χ1v) is 7.02. The van der Waals surface area contributed by atoms with Crippen LogP contribution < -0.4 is 5.32 Å². The molecule has 0 atom stereocenters. The molecular formula is C20H21NO2. The highest BCUT2D eigenvalue weighted by atomic mass is 16.4. The number of benzene rings is 2. The largest absolute Gasteiger partial charge is 0.480 e. The van der Waals surface area contributed by atoms with Gasteiger partial charge in [0.1, 0.15) is 5.41 Å². The van der Waals surface area contributed by atoms with E-state index in [0.29, 0.717) is 6.54 Å². The van der Waals surface area contributed by atoms with Gasteiger partial charge in [0.15, 0.2) is 0 Å². The van der Waals surface area contributed by atoms with Crippen LogP contribution in [0.5, 0.6) is 0 Å². The average molecular weight is 314 g/mol. The van der Waals surface area contributed by atoms with Crippen LogP contribution in [0.15, 0.2) is 54.4 Å². The van der Waals surface area contributed by atoms with Crippen molar-refractivity contribution in [2.45, 2.75) is 20.4 Å². The molecule has 23 heavy (non-hydrogen) atoms. The molecule has 0 saturated carbocycles. The maximum atomic E-state index is 11.0. The number of hydrogen-bond acceptors (Lipinski definition) is 2. The fraction of sp³-hybridized carbons (Fsp3) is 0.250. The van der Waals surface area contributed by atoms with Crippen molar-refractivity contribution in [2.75, 3.05) is 6.54 Å². The molecule has 0 heterocycles. The minimum absolute atomic E-state index is 0.0436. The van der Waals surface area contributed by atoms with E-state index in [1.54, 1.807) is 6.08 Å². The third kappa shape index (κ3) is 4.70. The summed E-state index contributed by atoms with van der Waals surface area (Å²) in [4.78, 5) is 11.0. The van der Waals surface area contributed by atoms with E-state index in [4.69, 9.17) is 14.7 Å². The zero-order valence-corrected chi connectivity index (χ0v) is 12.9. The lowest BCUT2D eigenvalue weighted by Crippen LogP contribution is -2.21. The number of fused-ring (bicyclic) bond motifs is 1. The molecule has 3 nitrogen and oxygen atoms in total. The van der Waals surface area contributed by atoms with Gasteiger partial charge in [0.25, 0.3) is 0 Å². The standard InChI is InChI=1S/C20H21NO2/c1-20(2,19(22)23)13-6-3-7-14-21-15-17-11-8-10-16-9-4-5-12-18(16)17/h3-5,7-12,21H,14-15H2,1-2H3,(H,22,23)/b7-3+/i4D,5D,8D,9D,10D,11D,12D. The van der Waals surface area contributed by atoms with Crippen LogP contribution in [0.2, 0.25) is 0 Å². The zero-order valence-electron chi connectivity index (χ0n) is 19.9. The summed E-state index contributed by atoms with van der Waals surface area (Å²) in [5.74, 6) is 4.24. The van der Waals surface area contributed by atoms with Crippen molar-refractivity contribution in [3.05, 3.63) is 60.0 Å². The lowest BCUT2D eigenvalue weighted by Gasteiger charge is -2.08. The summed E-state index contributed by atoms with van der Waals surface area (Å²) in [7, 11) is 0. The Labute approximate surface area is 146 Å². The van der Waals surface area contributed by atoms with E-state index in [-0.39, 0.29) is 35.0 Å². The molecule has 2 N–H and O–H groups in total. The van der Waals surface area contributed by atoms with E-state index in [9.17, 15) is 4.79 Å². The van der Waals surface area contributed by atoms with Gasteiger partial charge in [-0.25, -0.2) is 0 Å². The van der Waals surface area contributed by atoms with Crippen molar-refractivity contribution in [3.8, 4) is 11.8 Å². The molecule has 0 aliphatic rings. The zero-order chi connectivity index (χ0) is 22.8. The van der Waals surface area contributed by atoms with Crippen LogP contribution in [0.25, 0.3) is 10.8 Å². The molecule has 118 valence electrons. The van der Waals surface area contributed by atoms with Gasteiger partial charge in [0.05, 0.1) is 9.60 Å². The van der Waals surface area contributed by atoms with Gasteiger partial charge in [-0.3, -0.25) is 4.79 Å². The summed E-state index contributed by atoms with van der Waals surface area (Å²) >= 11 is 0. The third-order valence-corrected chi connectivity index (χ3v) is 3.07. The SMILES string of the molecule is [2H]c1c([2H])c([2H])c2c(CNC/C=C/C#CC(C)(C)C(=O)O)c([2H])c([2H])c([2H])c2c1[2H]. The summed E-state index contributed by atoms with van der Waals surface area (Å²) in [6, 6.07) is -2.76. The summed E-state index contributed by atoms with van der Waals surface area (Å²) in [6.07, 6.45) is 3.14. The van der Waals surface area contributed by atoms with Gasteiger partial charge >= 0.3 is 5.97 Å². The third-order valence-electron chi connectivity index (χ3n) is 3.07. The highest BCUT2D eigenvalue weighted by Crippen LogP contribution is 2.18. The molecular weight excluding hydrogens is 286 g/mol. The molecule has 0 aliphatic carbocycles. The van der Waals surface area contributed by atoms with Crippen LogP contribution in [0.1, 0.15) is 29.0 Å². The second kappa shape index (κ2) is 7.62. The highest BCUT2D eigenvalue weighted by Gasteiger charge is 2.23. The number of carboxylic acids is 1. The van der Waals surface area contributed by atoms with Crippen molar-refractivity contribution in [3.63, 3.8) is 0 Å². The first-order chi connectivity index (χ1) is 13.9. The molecule has 0 unspecified atom stereocenters. The highest BCUT2D eigenvalue weighted by molar-refractivity contribution is 5.85. The number of carbonyl (C=O) groups is 1. The molecule has 0 fully saturated rings. The van der Waals surface area contributed by atoms with Crippen LogP contribution in [-0.2, 0) is 11.3 Å². The van der Waals surface area contributed by atoms with Gasteiger partial charge < -0.3 is 10.4 Å². The topological polar surface area (TPSA) is 49.3 Å². The predicted molar refractivity (Wildman–Crippen MR) is 94.0 cm³/mol. The maximum Gasteiger partial charge on any atom is 0.321 e. The molecule has 0 bridgehead atoms. The predicted octanol–water partition coefficient (Wildman–Crippen LogP) is 3.60. The number of carboxylic acid groups (broad SMARTS) is 1. The van der Waals surface area contributed by atoms with Crippen LogP contribution in [-0.4, -0.2) is 17.6 Å². The van der Waals surface area contributed by atoms with Gasteiger partial charge in [-0.2, -0.15) is 0 Å². The van der Waals surface area contributed by atoms with E-state index in [0.717, 1.165) is 0 Å². The molecule has 0 aromatic heterocycles. The van der Waals surface area contributed by atoms with E-state index in [1.807, 2.05) is 0 Å². The number of rotatable bonds is 5. The minimum Gasteiger partial charge on any atom is -0.480 e. The molecule has 0 spiro atoms. The van der Waals surface area contributed by atoms with Crippen molar-refractivity contribution >= 4 is 16.7 Å². The number of allylic oxidation sites excluding steroid dienone is 1. The molecule has 0 aliphatic heterocycles. The van der Waals surface area contributed by atoms with Crippen molar-refractivity contribution < 1.29 is 19.5 Å². The minimum atomic E-state index is -1.16. The Bertz CT molecular complexity index is 1110. The van der Waals surface area contributed by atoms with Gasteiger partial charge in [-0.1, -0.05) is 60.2 Å². The van der Waals surface area contributed by atoms with Crippen LogP contribution in [0.3, 0.4) is 0 Å². The Kier molecular flexibility index (Phi) is 3.16. The summed E-state index contributed by atoms with van der Waals surface area (Å²) < 4.78 is 56.1. The Hall–Kier alpha value is -2.57. The van der Waals surface area contributed by atoms with Crippen LogP contribution in [0.4, 0.5) is 0 Å². The molecule has 2 aromatic carbocycles. The van der Waals surface area contributed by atoms with E-state index in [2.05, 4.69) is 17.2 Å². The first kappa shape index (κ1) is 9.54. The van der Waals surface area contributed by atoms with E-state index in [1.165, 1.54) is 19.9 Å². The maximum absolute atomic E-state index is 11.0. The fourth-order valence-corrected chi connectivity index (χ4v) is 1.67. The normalized spacial score (nSPS) is 15.7. The Morgan fingerprint density at radius 3 is 2.83 bits per heavy atom. The summed E-state index contributed by atoms with van der Waals surface area (Å²) in [6.45, 7) is 3.32. The second-order valence-corrected chi connectivity index (χ2v) is 5.34. The van der Waals surface area contributed by atoms with Gasteiger partial charge in [0.2, 0.25) is 0 Å². The van der Waals surface area contributed by atoms with Crippen LogP contribution in [0, 0.1) is 17.3 Å². The molecule has 3 heteroatoms. The van der Waals surface area contributed by atoms with Crippen molar-refractivity contribution in [1.29, 1.82) is 0 Å². The first-order valence-electron chi connectivity index (χ1n) is 10.5. The molecule has 2 aromatic rings. The smallest absolute Gasteiger partial charge is 0.321 e. The van der Waals surface area contributed by atoms with Gasteiger partial charge in [0, 0.05) is 13.1 Å². The van der Waals surface area contributed by atoms with Crippen LogP contribution >= 0.6 is 0 Å². The molecule has 0 saturated heterocycles. The summed E-state index contributed by atoms with van der Waals surface area (Å²) in [5.41, 5.74) is -0.952. The molecule has 2 rings (SSSR count).